The van der Waals surface area contributed by atoms with Crippen LogP contribution in [0.15, 0.2) is 24.3 Å². The fourth-order valence-corrected chi connectivity index (χ4v) is 2.10. The monoisotopic (exact) mass is 253 g/mol. The van der Waals surface area contributed by atoms with Gasteiger partial charge in [0.25, 0.3) is 0 Å². The first-order valence-corrected chi connectivity index (χ1v) is 6.43. The Morgan fingerprint density at radius 2 is 2.28 bits per heavy atom. The van der Waals surface area contributed by atoms with Crippen LogP contribution in [0.25, 0.3) is 0 Å². The van der Waals surface area contributed by atoms with Crippen LogP contribution >= 0.6 is 0 Å². The van der Waals surface area contributed by atoms with Crippen molar-refractivity contribution in [2.24, 2.45) is 0 Å². The van der Waals surface area contributed by atoms with Crippen LogP contribution in [-0.4, -0.2) is 44.4 Å². The molecule has 1 saturated heterocycles. The fourth-order valence-electron chi connectivity index (χ4n) is 2.10. The summed E-state index contributed by atoms with van der Waals surface area (Å²) in [6.07, 6.45) is 2.64. The van der Waals surface area contributed by atoms with E-state index in [9.17, 15) is 4.39 Å². The van der Waals surface area contributed by atoms with Gasteiger partial charge < -0.3 is 14.4 Å². The summed E-state index contributed by atoms with van der Waals surface area (Å²) in [5.74, 6) is 0.0160. The maximum atomic E-state index is 13.3. The third-order valence-corrected chi connectivity index (χ3v) is 3.11. The van der Waals surface area contributed by atoms with E-state index < -0.39 is 0 Å². The lowest BCUT2D eigenvalue weighted by molar-refractivity contribution is 0.0769. The van der Waals surface area contributed by atoms with Crippen molar-refractivity contribution in [3.8, 4) is 5.75 Å². The zero-order valence-electron chi connectivity index (χ0n) is 10.8. The molecule has 1 aliphatic rings. The molecule has 0 spiro atoms. The van der Waals surface area contributed by atoms with Crippen LogP contribution in [0.4, 0.5) is 4.39 Å². The quantitative estimate of drug-likeness (QED) is 0.776. The molecule has 1 aromatic rings. The topological polar surface area (TPSA) is 21.7 Å². The van der Waals surface area contributed by atoms with Crippen LogP contribution in [0, 0.1) is 5.82 Å². The van der Waals surface area contributed by atoms with Gasteiger partial charge in [-0.3, -0.25) is 0 Å². The fraction of sp³-hybridized carbons (Fsp3) is 0.571. The molecule has 1 fully saturated rings. The van der Waals surface area contributed by atoms with Crippen molar-refractivity contribution in [2.45, 2.75) is 18.9 Å². The number of likely N-dealkylation sites (N-methyl/N-ethyl adjacent to an activating group) is 1. The molecule has 3 nitrogen and oxygen atoms in total. The third kappa shape index (κ3) is 3.96. The highest BCUT2D eigenvalue weighted by Gasteiger charge is 2.17. The molecular formula is C14H20FNO2. The molecule has 2 rings (SSSR count). The lowest BCUT2D eigenvalue weighted by Gasteiger charge is -2.20. The maximum Gasteiger partial charge on any atom is 0.165 e. The largest absolute Gasteiger partial charge is 0.489 e. The van der Waals surface area contributed by atoms with Crippen molar-refractivity contribution in [1.82, 2.24) is 4.90 Å². The Hall–Kier alpha value is -1.13. The van der Waals surface area contributed by atoms with Crippen molar-refractivity contribution in [3.05, 3.63) is 30.1 Å². The van der Waals surface area contributed by atoms with Gasteiger partial charge in [-0.25, -0.2) is 4.39 Å². The van der Waals surface area contributed by atoms with Crippen LogP contribution in [0.1, 0.15) is 12.8 Å². The smallest absolute Gasteiger partial charge is 0.165 e. The van der Waals surface area contributed by atoms with E-state index in [2.05, 4.69) is 4.90 Å². The molecule has 1 aromatic carbocycles. The summed E-state index contributed by atoms with van der Waals surface area (Å²) in [5, 5.41) is 0. The van der Waals surface area contributed by atoms with Gasteiger partial charge in [-0.15, -0.1) is 0 Å². The minimum absolute atomic E-state index is 0.306. The Kier molecular flexibility index (Phi) is 4.96. The van der Waals surface area contributed by atoms with Crippen molar-refractivity contribution in [3.63, 3.8) is 0 Å². The zero-order chi connectivity index (χ0) is 12.8. The molecule has 0 bridgehead atoms. The average molecular weight is 253 g/mol. The third-order valence-electron chi connectivity index (χ3n) is 3.11. The first kappa shape index (κ1) is 13.3. The second kappa shape index (κ2) is 6.71. The standard InChI is InChI=1S/C14H20FNO2/c1-16(11-12-5-4-9-17-12)8-10-18-14-7-3-2-6-13(14)15/h2-3,6-7,12H,4-5,8-11H2,1H3. The molecule has 1 heterocycles. The maximum absolute atomic E-state index is 13.3. The minimum Gasteiger partial charge on any atom is -0.489 e. The van der Waals surface area contributed by atoms with Gasteiger partial charge in [0.1, 0.15) is 6.61 Å². The molecule has 18 heavy (non-hydrogen) atoms. The number of nitrogens with zero attached hydrogens (tertiary/aromatic N) is 1. The summed E-state index contributed by atoms with van der Waals surface area (Å²) in [4.78, 5) is 2.16. The molecule has 1 aliphatic heterocycles. The summed E-state index contributed by atoms with van der Waals surface area (Å²) >= 11 is 0. The molecule has 0 aliphatic carbocycles. The second-order valence-corrected chi connectivity index (χ2v) is 4.68. The van der Waals surface area contributed by atoms with Gasteiger partial charge in [0.2, 0.25) is 0 Å². The molecule has 0 N–H and O–H groups in total. The van der Waals surface area contributed by atoms with Gasteiger partial charge in [-0.2, -0.15) is 0 Å². The van der Waals surface area contributed by atoms with E-state index in [0.29, 0.717) is 18.5 Å². The van der Waals surface area contributed by atoms with Crippen LogP contribution in [-0.2, 0) is 4.74 Å². The highest BCUT2D eigenvalue weighted by Crippen LogP contribution is 2.15. The van der Waals surface area contributed by atoms with E-state index >= 15 is 0 Å². The number of ether oxygens (including phenoxy) is 2. The Morgan fingerprint density at radius 1 is 1.44 bits per heavy atom. The van der Waals surface area contributed by atoms with Crippen molar-refractivity contribution in [2.75, 3.05) is 33.4 Å². The summed E-state index contributed by atoms with van der Waals surface area (Å²) in [7, 11) is 2.03. The number of hydrogen-bond acceptors (Lipinski definition) is 3. The van der Waals surface area contributed by atoms with E-state index in [1.165, 1.54) is 6.07 Å². The molecule has 100 valence electrons. The van der Waals surface area contributed by atoms with Gasteiger partial charge in [0, 0.05) is 19.7 Å². The minimum atomic E-state index is -0.306. The van der Waals surface area contributed by atoms with Crippen molar-refractivity contribution >= 4 is 0 Å². The first-order chi connectivity index (χ1) is 8.75. The van der Waals surface area contributed by atoms with Crippen LogP contribution < -0.4 is 4.74 Å². The van der Waals surface area contributed by atoms with E-state index in [0.717, 1.165) is 32.5 Å². The van der Waals surface area contributed by atoms with Crippen LogP contribution in [0.2, 0.25) is 0 Å². The Morgan fingerprint density at radius 3 is 3.00 bits per heavy atom. The van der Waals surface area contributed by atoms with Crippen molar-refractivity contribution in [1.29, 1.82) is 0 Å². The summed E-state index contributed by atoms with van der Waals surface area (Å²) in [6, 6.07) is 6.49. The normalized spacial score (nSPS) is 19.4. The highest BCUT2D eigenvalue weighted by molar-refractivity contribution is 5.23. The van der Waals surface area contributed by atoms with Crippen molar-refractivity contribution < 1.29 is 13.9 Å². The molecule has 0 aromatic heterocycles. The summed E-state index contributed by atoms with van der Waals surface area (Å²) in [5.41, 5.74) is 0. The lowest BCUT2D eigenvalue weighted by Crippen LogP contribution is -2.32. The molecule has 0 amide bonds. The Balaban J connectivity index is 1.67. The predicted molar refractivity (Wildman–Crippen MR) is 68.4 cm³/mol. The van der Waals surface area contributed by atoms with Crippen LogP contribution in [0.5, 0.6) is 5.75 Å². The number of halogens is 1. The SMILES string of the molecule is CN(CCOc1ccccc1F)CC1CCCO1. The predicted octanol–water partition coefficient (Wildman–Crippen LogP) is 2.32. The molecule has 1 unspecified atom stereocenters. The van der Waals surface area contributed by atoms with Gasteiger partial charge in [0.05, 0.1) is 6.10 Å². The van der Waals surface area contributed by atoms with Crippen LogP contribution in [0.3, 0.4) is 0 Å². The zero-order valence-corrected chi connectivity index (χ0v) is 10.8. The first-order valence-electron chi connectivity index (χ1n) is 6.43. The van der Waals surface area contributed by atoms with Gasteiger partial charge in [-0.05, 0) is 32.0 Å². The Bertz CT molecular complexity index is 367. The van der Waals surface area contributed by atoms with Gasteiger partial charge >= 0.3 is 0 Å². The number of para-hydroxylation sites is 1. The molecule has 1 atom stereocenters. The number of hydrogen-bond donors (Lipinski definition) is 0. The lowest BCUT2D eigenvalue weighted by atomic mass is 10.2. The van der Waals surface area contributed by atoms with Gasteiger partial charge in [-0.1, -0.05) is 12.1 Å². The molecule has 0 radical (unpaired) electrons. The number of rotatable bonds is 6. The van der Waals surface area contributed by atoms with E-state index in [4.69, 9.17) is 9.47 Å². The molecule has 0 saturated carbocycles. The molecular weight excluding hydrogens is 233 g/mol. The summed E-state index contributed by atoms with van der Waals surface area (Å²) in [6.45, 7) is 3.06. The van der Waals surface area contributed by atoms with E-state index in [1.807, 2.05) is 7.05 Å². The van der Waals surface area contributed by atoms with E-state index in [1.54, 1.807) is 18.2 Å². The average Bonchev–Trinajstić information content (AvgIpc) is 2.84. The molecule has 4 heteroatoms. The van der Waals surface area contributed by atoms with E-state index in [-0.39, 0.29) is 5.82 Å². The number of benzene rings is 1. The second-order valence-electron chi connectivity index (χ2n) is 4.68. The van der Waals surface area contributed by atoms with Gasteiger partial charge in [0.15, 0.2) is 11.6 Å². The summed E-state index contributed by atoms with van der Waals surface area (Å²) < 4.78 is 24.3. The highest BCUT2D eigenvalue weighted by atomic mass is 19.1. The Labute approximate surface area is 107 Å².